The first-order chi connectivity index (χ1) is 22.4. The molecule has 0 rings (SSSR count). The monoisotopic (exact) mass is 661 g/mol. The van der Waals surface area contributed by atoms with Gasteiger partial charge in [0.2, 0.25) is 0 Å². The van der Waals surface area contributed by atoms with Crippen LogP contribution in [0.4, 0.5) is 0 Å². The Kier molecular flexibility index (Phi) is 41.4. The van der Waals surface area contributed by atoms with E-state index in [4.69, 9.17) is 0 Å². The quantitative estimate of drug-likeness (QED) is 0.0531. The lowest BCUT2D eigenvalue weighted by molar-refractivity contribution is 0.257. The summed E-state index contributed by atoms with van der Waals surface area (Å²) in [5.41, 5.74) is 0. The van der Waals surface area contributed by atoms with Gasteiger partial charge >= 0.3 is 0 Å². The number of allylic oxidation sites excluding steroid dienone is 2. The molecule has 0 heteroatoms. The molecule has 284 valence electrons. The van der Waals surface area contributed by atoms with Gasteiger partial charge in [0.15, 0.2) is 0 Å². The van der Waals surface area contributed by atoms with Crippen LogP contribution in [0.3, 0.4) is 0 Å². The molecule has 0 radical (unpaired) electrons. The Bertz CT molecular complexity index is 599. The summed E-state index contributed by atoms with van der Waals surface area (Å²) < 4.78 is 0. The average molecular weight is 661 g/mol. The lowest BCUT2D eigenvalue weighted by atomic mass is 9.80. The Morgan fingerprint density at radius 1 is 0.404 bits per heavy atom. The molecule has 0 aromatic rings. The minimum absolute atomic E-state index is 0.816. The third-order valence-corrected chi connectivity index (χ3v) is 10.2. The van der Waals surface area contributed by atoms with Crippen LogP contribution in [-0.2, 0) is 0 Å². The van der Waals surface area contributed by atoms with Crippen LogP contribution in [0.15, 0.2) is 25.3 Å². The van der Waals surface area contributed by atoms with Gasteiger partial charge in [0.05, 0.1) is 0 Å². The first-order valence-corrected chi connectivity index (χ1v) is 21.6. The first kappa shape index (κ1) is 50.9. The summed E-state index contributed by atoms with van der Waals surface area (Å²) in [6.45, 7) is 35.8. The predicted octanol–water partition coefficient (Wildman–Crippen LogP) is 17.5. The van der Waals surface area contributed by atoms with Gasteiger partial charge in [-0.05, 0) is 105 Å². The number of hydrogen-bond donors (Lipinski definition) is 0. The molecule has 0 saturated heterocycles. The van der Waals surface area contributed by atoms with Crippen molar-refractivity contribution in [2.24, 2.45) is 47.3 Å². The van der Waals surface area contributed by atoms with E-state index >= 15 is 0 Å². The van der Waals surface area contributed by atoms with Gasteiger partial charge in [-0.25, -0.2) is 0 Å². The zero-order chi connectivity index (χ0) is 36.3. The van der Waals surface area contributed by atoms with Crippen LogP contribution >= 0.6 is 0 Å². The molecular formula is C47H96. The summed E-state index contributed by atoms with van der Waals surface area (Å²) in [6, 6.07) is 0. The minimum Gasteiger partial charge on any atom is -0.103 e. The van der Waals surface area contributed by atoms with E-state index in [-0.39, 0.29) is 0 Å². The average Bonchev–Trinajstić information content (AvgIpc) is 2.99. The second-order valence-electron chi connectivity index (χ2n) is 17.1. The highest BCUT2D eigenvalue weighted by Crippen LogP contribution is 2.31. The van der Waals surface area contributed by atoms with Gasteiger partial charge < -0.3 is 0 Å². The van der Waals surface area contributed by atoms with Crippen LogP contribution < -0.4 is 0 Å². The summed E-state index contributed by atoms with van der Waals surface area (Å²) in [5.74, 6) is 7.14. The third kappa shape index (κ3) is 41.6. The van der Waals surface area contributed by atoms with Gasteiger partial charge in [0, 0.05) is 0 Å². The molecule has 0 aliphatic carbocycles. The van der Waals surface area contributed by atoms with Crippen LogP contribution in [0.2, 0.25) is 0 Å². The van der Waals surface area contributed by atoms with E-state index in [1.54, 1.807) is 0 Å². The molecule has 6 atom stereocenters. The molecule has 0 nitrogen and oxygen atoms in total. The second-order valence-corrected chi connectivity index (χ2v) is 17.1. The van der Waals surface area contributed by atoms with Crippen molar-refractivity contribution >= 4 is 0 Å². The van der Waals surface area contributed by atoms with Gasteiger partial charge in [0.25, 0.3) is 0 Å². The van der Waals surface area contributed by atoms with Crippen molar-refractivity contribution in [3.8, 4) is 0 Å². The van der Waals surface area contributed by atoms with E-state index in [2.05, 4.69) is 96.2 Å². The summed E-state index contributed by atoms with van der Waals surface area (Å²) >= 11 is 0. The molecule has 0 amide bonds. The fraction of sp³-hybridized carbons (Fsp3) is 0.915. The molecule has 0 aromatic carbocycles. The molecule has 0 aromatic heterocycles. The molecule has 0 aliphatic heterocycles. The number of hydrogen-bond acceptors (Lipinski definition) is 0. The van der Waals surface area contributed by atoms with Crippen LogP contribution in [-0.4, -0.2) is 0 Å². The maximum Gasteiger partial charge on any atom is -0.0327 e. The van der Waals surface area contributed by atoms with E-state index in [0.29, 0.717) is 0 Å². The Balaban J connectivity index is -0.000000725. The van der Waals surface area contributed by atoms with E-state index in [1.165, 1.54) is 148 Å². The van der Waals surface area contributed by atoms with E-state index in [0.717, 1.165) is 47.3 Å². The van der Waals surface area contributed by atoms with Crippen molar-refractivity contribution in [2.45, 2.75) is 231 Å². The largest absolute Gasteiger partial charge is 0.103 e. The minimum atomic E-state index is 0.816. The van der Waals surface area contributed by atoms with Gasteiger partial charge in [-0.3, -0.25) is 0 Å². The number of unbranched alkanes of at least 4 members (excludes halogenated alkanes) is 11. The Morgan fingerprint density at radius 3 is 1.26 bits per heavy atom. The summed E-state index contributed by atoms with van der Waals surface area (Å²) in [4.78, 5) is 0. The summed E-state index contributed by atoms with van der Waals surface area (Å²) in [5, 5.41) is 0. The molecule has 0 heterocycles. The molecule has 0 aliphatic rings. The maximum absolute atomic E-state index is 3.77. The van der Waals surface area contributed by atoms with E-state index in [9.17, 15) is 0 Å². The highest BCUT2D eigenvalue weighted by atomic mass is 14.2. The van der Waals surface area contributed by atoms with Crippen molar-refractivity contribution in [1.82, 2.24) is 0 Å². The molecule has 0 fully saturated rings. The number of rotatable bonds is 30. The van der Waals surface area contributed by atoms with Crippen LogP contribution in [0.25, 0.3) is 0 Å². The predicted molar refractivity (Wildman–Crippen MR) is 223 cm³/mol. The Hall–Kier alpha value is -0.520. The van der Waals surface area contributed by atoms with Crippen LogP contribution in [0.1, 0.15) is 231 Å². The first-order valence-electron chi connectivity index (χ1n) is 21.6. The second kappa shape index (κ2) is 38.3. The lowest BCUT2D eigenvalue weighted by Gasteiger charge is -2.26. The topological polar surface area (TPSA) is 0 Å². The highest BCUT2D eigenvalue weighted by Gasteiger charge is 2.18. The van der Waals surface area contributed by atoms with Crippen LogP contribution in [0, 0.1) is 47.3 Å². The smallest absolute Gasteiger partial charge is 0.0327 e. The molecule has 0 N–H and O–H groups in total. The molecule has 0 saturated carbocycles. The fourth-order valence-electron chi connectivity index (χ4n) is 7.89. The van der Waals surface area contributed by atoms with E-state index in [1.807, 2.05) is 12.2 Å². The Morgan fingerprint density at radius 2 is 0.830 bits per heavy atom. The summed E-state index contributed by atoms with van der Waals surface area (Å²) in [7, 11) is 0. The SMILES string of the molecule is C=CCCCCCCCC.C=CC[C@@H](C)C[C@@H](C)CC(C)C.CCCCCCCCC(CC)CC(CC)C[C@H](C)C[C@H](C)CC(C)C. The van der Waals surface area contributed by atoms with E-state index < -0.39 is 0 Å². The molecule has 0 spiro atoms. The fourth-order valence-corrected chi connectivity index (χ4v) is 7.89. The standard InChI is InChI=1S/C25H52.C12H24.C10H20/c1-8-11-12-13-14-15-16-24(9-2)20-25(10-3)19-23(7)18-22(6)17-21(4)5;1-6-7-11(4)9-12(5)8-10(2)3;1-3-5-7-9-10-8-6-4-2/h21-25H,8-20H2,1-7H3;6,10-12H,1,7-9H2,2-5H3;3H,1,4-10H2,2H3/t22-,23-,24?,25?;11-,12+;/m11./s1. The van der Waals surface area contributed by atoms with Crippen LogP contribution in [0.5, 0.6) is 0 Å². The van der Waals surface area contributed by atoms with Gasteiger partial charge in [-0.2, -0.15) is 0 Å². The van der Waals surface area contributed by atoms with Gasteiger partial charge in [0.1, 0.15) is 0 Å². The molecule has 0 bridgehead atoms. The zero-order valence-corrected chi connectivity index (χ0v) is 35.5. The maximum atomic E-state index is 3.77. The van der Waals surface area contributed by atoms with Crippen molar-refractivity contribution in [1.29, 1.82) is 0 Å². The third-order valence-electron chi connectivity index (χ3n) is 10.2. The van der Waals surface area contributed by atoms with Crippen molar-refractivity contribution in [3.63, 3.8) is 0 Å². The summed E-state index contributed by atoms with van der Waals surface area (Å²) in [6.07, 6.45) is 36.2. The van der Waals surface area contributed by atoms with Gasteiger partial charge in [-0.1, -0.05) is 185 Å². The Labute approximate surface area is 302 Å². The van der Waals surface area contributed by atoms with Crippen molar-refractivity contribution in [3.05, 3.63) is 25.3 Å². The molecule has 2 unspecified atom stereocenters. The molecule has 47 heavy (non-hydrogen) atoms. The lowest BCUT2D eigenvalue weighted by Crippen LogP contribution is -2.14. The van der Waals surface area contributed by atoms with Crippen molar-refractivity contribution in [2.75, 3.05) is 0 Å². The van der Waals surface area contributed by atoms with Gasteiger partial charge in [-0.15, -0.1) is 13.2 Å². The molecular weight excluding hydrogens is 565 g/mol. The van der Waals surface area contributed by atoms with Crippen molar-refractivity contribution < 1.29 is 0 Å². The normalized spacial score (nSPS) is 15.1. The zero-order valence-electron chi connectivity index (χ0n) is 35.5. The highest BCUT2D eigenvalue weighted by molar-refractivity contribution is 4.73.